The molecule has 39 heavy (non-hydrogen) atoms. The van der Waals surface area contributed by atoms with E-state index >= 15 is 0 Å². The van der Waals surface area contributed by atoms with Gasteiger partial charge in [0.2, 0.25) is 11.8 Å². The Balaban J connectivity index is 1.52. The quantitative estimate of drug-likeness (QED) is 0.328. The molecule has 2 aromatic carbocycles. The molecule has 1 N–H and O–H groups in total. The fourth-order valence-electron chi connectivity index (χ4n) is 4.95. The van der Waals surface area contributed by atoms with Gasteiger partial charge in [-0.1, -0.05) is 49.4 Å². The predicted molar refractivity (Wildman–Crippen MR) is 149 cm³/mol. The van der Waals surface area contributed by atoms with E-state index in [0.717, 1.165) is 24.8 Å². The number of amides is 2. The van der Waals surface area contributed by atoms with E-state index < -0.39 is 6.04 Å². The average Bonchev–Trinajstić information content (AvgIpc) is 3.65. The van der Waals surface area contributed by atoms with Gasteiger partial charge in [-0.15, -0.1) is 5.10 Å². The summed E-state index contributed by atoms with van der Waals surface area (Å²) in [6.45, 7) is 5.33. The summed E-state index contributed by atoms with van der Waals surface area (Å²) < 4.78 is 7.28. The van der Waals surface area contributed by atoms with Gasteiger partial charge < -0.3 is 10.1 Å². The number of pyridine rings is 1. The van der Waals surface area contributed by atoms with E-state index in [0.29, 0.717) is 35.8 Å². The monoisotopic (exact) mass is 526 g/mol. The van der Waals surface area contributed by atoms with Crippen LogP contribution in [0.25, 0.3) is 11.0 Å². The lowest BCUT2D eigenvalue weighted by Gasteiger charge is -2.32. The van der Waals surface area contributed by atoms with Crippen LogP contribution in [0.5, 0.6) is 0 Å². The van der Waals surface area contributed by atoms with Crippen LogP contribution in [0, 0.1) is 0 Å². The van der Waals surface area contributed by atoms with Gasteiger partial charge in [0, 0.05) is 36.8 Å². The van der Waals surface area contributed by atoms with Crippen LogP contribution in [0.3, 0.4) is 0 Å². The molecular weight excluding hydrogens is 492 g/mol. The van der Waals surface area contributed by atoms with E-state index in [2.05, 4.69) is 34.5 Å². The Morgan fingerprint density at radius 3 is 2.64 bits per heavy atom. The zero-order valence-corrected chi connectivity index (χ0v) is 22.4. The molecule has 5 rings (SSSR count). The van der Waals surface area contributed by atoms with Gasteiger partial charge in [0.15, 0.2) is 0 Å². The highest BCUT2D eigenvalue weighted by Crippen LogP contribution is 2.30. The summed E-state index contributed by atoms with van der Waals surface area (Å²) in [7, 11) is 0. The predicted octanol–water partition coefficient (Wildman–Crippen LogP) is 4.41. The largest absolute Gasteiger partial charge is 0.376 e. The molecule has 1 aliphatic heterocycles. The van der Waals surface area contributed by atoms with Crippen LogP contribution in [-0.4, -0.2) is 51.0 Å². The van der Waals surface area contributed by atoms with Crippen molar-refractivity contribution < 1.29 is 14.3 Å². The fourth-order valence-corrected chi connectivity index (χ4v) is 4.95. The number of hydrogen-bond acceptors (Lipinski definition) is 6. The molecule has 0 bridgehead atoms. The number of anilines is 1. The molecule has 0 unspecified atom stereocenters. The average molecular weight is 527 g/mol. The maximum absolute atomic E-state index is 14.1. The molecule has 1 saturated heterocycles. The normalized spacial score (nSPS) is 16.6. The zero-order valence-electron chi connectivity index (χ0n) is 22.4. The highest BCUT2D eigenvalue weighted by atomic mass is 16.5. The summed E-state index contributed by atoms with van der Waals surface area (Å²) in [4.78, 5) is 33.8. The standard InChI is InChI=1S/C30H34N6O3/c1-3-21(2)22-12-14-24(15-13-22)36(28(37)20-35-27-11-5-4-10-26(27)33-34-35)29(23-8-6-16-31-18-23)30(38)32-19-25-9-7-17-39-25/h4-6,8,10-16,18,21,25,29H,3,7,9,17,19-20H2,1-2H3,(H,32,38)/t21-,25+,29-/m0/s1. The Bertz CT molecular complexity index is 1400. The smallest absolute Gasteiger partial charge is 0.249 e. The summed E-state index contributed by atoms with van der Waals surface area (Å²) in [6, 6.07) is 18.0. The van der Waals surface area contributed by atoms with Crippen molar-refractivity contribution in [1.29, 1.82) is 0 Å². The molecule has 0 spiro atoms. The van der Waals surface area contributed by atoms with E-state index in [1.54, 1.807) is 28.0 Å². The third-order valence-electron chi connectivity index (χ3n) is 7.36. The van der Waals surface area contributed by atoms with Gasteiger partial charge in [0.05, 0.1) is 11.6 Å². The molecule has 9 heteroatoms. The molecular formula is C30H34N6O3. The molecule has 0 saturated carbocycles. The minimum absolute atomic E-state index is 0.0241. The number of carbonyl (C=O) groups is 2. The van der Waals surface area contributed by atoms with Crippen LogP contribution in [0.2, 0.25) is 0 Å². The van der Waals surface area contributed by atoms with Crippen LogP contribution in [-0.2, 0) is 20.9 Å². The van der Waals surface area contributed by atoms with E-state index in [9.17, 15) is 9.59 Å². The van der Waals surface area contributed by atoms with E-state index in [1.165, 1.54) is 5.56 Å². The van der Waals surface area contributed by atoms with Crippen molar-refractivity contribution >= 4 is 28.5 Å². The minimum atomic E-state index is -0.933. The fraction of sp³-hybridized carbons (Fsp3) is 0.367. The number of benzene rings is 2. The van der Waals surface area contributed by atoms with Crippen LogP contribution in [0.1, 0.15) is 56.2 Å². The molecule has 3 heterocycles. The SMILES string of the molecule is CC[C@H](C)c1ccc(N(C(=O)Cn2nnc3ccccc32)[C@H](C(=O)NC[C@H]2CCCO2)c2cccnc2)cc1. The molecule has 2 amide bonds. The Labute approximate surface area is 228 Å². The third-order valence-corrected chi connectivity index (χ3v) is 7.36. The molecule has 1 aliphatic rings. The summed E-state index contributed by atoms with van der Waals surface area (Å²) in [5, 5.41) is 11.4. The minimum Gasteiger partial charge on any atom is -0.376 e. The summed E-state index contributed by atoms with van der Waals surface area (Å²) in [5.74, 6) is -0.196. The number of rotatable bonds is 10. The summed E-state index contributed by atoms with van der Waals surface area (Å²) in [6.07, 6.45) is 6.14. The van der Waals surface area contributed by atoms with Crippen molar-refractivity contribution in [2.75, 3.05) is 18.1 Å². The second kappa shape index (κ2) is 12.2. The zero-order chi connectivity index (χ0) is 27.2. The van der Waals surface area contributed by atoms with Crippen molar-refractivity contribution in [3.63, 3.8) is 0 Å². The number of aromatic nitrogens is 4. The van der Waals surface area contributed by atoms with Gasteiger partial charge in [0.1, 0.15) is 18.1 Å². The summed E-state index contributed by atoms with van der Waals surface area (Å²) >= 11 is 0. The Morgan fingerprint density at radius 1 is 1.10 bits per heavy atom. The highest BCUT2D eigenvalue weighted by molar-refractivity contribution is 6.01. The summed E-state index contributed by atoms with van der Waals surface area (Å²) in [5.41, 5.74) is 3.87. The molecule has 9 nitrogen and oxygen atoms in total. The van der Waals surface area contributed by atoms with Crippen molar-refractivity contribution in [3.05, 3.63) is 84.2 Å². The number of carbonyl (C=O) groups excluding carboxylic acids is 2. The van der Waals surface area contributed by atoms with Crippen molar-refractivity contribution in [2.45, 2.75) is 57.7 Å². The van der Waals surface area contributed by atoms with Crippen LogP contribution >= 0.6 is 0 Å². The van der Waals surface area contributed by atoms with Crippen LogP contribution in [0.4, 0.5) is 5.69 Å². The van der Waals surface area contributed by atoms with Gasteiger partial charge in [-0.2, -0.15) is 0 Å². The second-order valence-corrected chi connectivity index (χ2v) is 9.97. The number of nitrogens with one attached hydrogen (secondary N) is 1. The third kappa shape index (κ3) is 5.98. The van der Waals surface area contributed by atoms with Crippen molar-refractivity contribution in [1.82, 2.24) is 25.3 Å². The Hall–Kier alpha value is -4.11. The van der Waals surface area contributed by atoms with E-state index in [1.807, 2.05) is 54.6 Å². The molecule has 2 aromatic heterocycles. The maximum atomic E-state index is 14.1. The molecule has 0 aliphatic carbocycles. The molecule has 1 fully saturated rings. The van der Waals surface area contributed by atoms with Gasteiger partial charge in [-0.05, 0) is 61.1 Å². The van der Waals surface area contributed by atoms with Gasteiger partial charge in [-0.25, -0.2) is 4.68 Å². The molecule has 3 atom stereocenters. The number of para-hydroxylation sites is 1. The van der Waals surface area contributed by atoms with Crippen molar-refractivity contribution in [2.24, 2.45) is 0 Å². The second-order valence-electron chi connectivity index (χ2n) is 9.97. The van der Waals surface area contributed by atoms with Gasteiger partial charge >= 0.3 is 0 Å². The van der Waals surface area contributed by atoms with E-state index in [-0.39, 0.29) is 24.5 Å². The van der Waals surface area contributed by atoms with E-state index in [4.69, 9.17) is 4.74 Å². The van der Waals surface area contributed by atoms with Gasteiger partial charge in [-0.3, -0.25) is 19.5 Å². The highest BCUT2D eigenvalue weighted by Gasteiger charge is 2.34. The lowest BCUT2D eigenvalue weighted by molar-refractivity contribution is -0.127. The first kappa shape index (κ1) is 26.5. The number of hydrogen-bond donors (Lipinski definition) is 1. The van der Waals surface area contributed by atoms with Crippen molar-refractivity contribution in [3.8, 4) is 0 Å². The van der Waals surface area contributed by atoms with Crippen LogP contribution < -0.4 is 10.2 Å². The number of nitrogens with zero attached hydrogens (tertiary/aromatic N) is 5. The van der Waals surface area contributed by atoms with Gasteiger partial charge in [0.25, 0.3) is 0 Å². The first-order valence-electron chi connectivity index (χ1n) is 13.5. The molecule has 0 radical (unpaired) electrons. The van der Waals surface area contributed by atoms with Crippen LogP contribution in [0.15, 0.2) is 73.1 Å². The molecule has 202 valence electrons. The first-order chi connectivity index (χ1) is 19.0. The Morgan fingerprint density at radius 2 is 1.92 bits per heavy atom. The lowest BCUT2D eigenvalue weighted by atomic mass is 9.98. The first-order valence-corrected chi connectivity index (χ1v) is 13.5. The molecule has 4 aromatic rings. The Kier molecular flexibility index (Phi) is 8.27. The topological polar surface area (TPSA) is 102 Å². The number of ether oxygens (including phenoxy) is 1. The lowest BCUT2D eigenvalue weighted by Crippen LogP contribution is -2.46. The maximum Gasteiger partial charge on any atom is 0.249 e. The number of fused-ring (bicyclic) bond motifs is 1.